The van der Waals surface area contributed by atoms with E-state index >= 15 is 0 Å². The van der Waals surface area contributed by atoms with Crippen LogP contribution in [0.5, 0.6) is 0 Å². The molecule has 0 amide bonds. The van der Waals surface area contributed by atoms with Crippen molar-refractivity contribution in [2.75, 3.05) is 11.9 Å². The maximum atomic E-state index is 5.62. The van der Waals surface area contributed by atoms with E-state index < -0.39 is 0 Å². The quantitative estimate of drug-likeness (QED) is 0.906. The van der Waals surface area contributed by atoms with E-state index in [1.54, 1.807) is 0 Å². The third-order valence-electron chi connectivity index (χ3n) is 3.52. The van der Waals surface area contributed by atoms with Crippen molar-refractivity contribution in [1.29, 1.82) is 0 Å². The Bertz CT molecular complexity index is 544. The number of rotatable bonds is 4. The first-order valence-corrected chi connectivity index (χ1v) is 6.66. The van der Waals surface area contributed by atoms with Gasteiger partial charge in [-0.15, -0.1) is 0 Å². The van der Waals surface area contributed by atoms with Crippen molar-refractivity contribution in [3.63, 3.8) is 0 Å². The van der Waals surface area contributed by atoms with Gasteiger partial charge in [-0.1, -0.05) is 35.9 Å². The van der Waals surface area contributed by atoms with Gasteiger partial charge < -0.3 is 10.6 Å². The lowest BCUT2D eigenvalue weighted by atomic mass is 10.1. The van der Waals surface area contributed by atoms with Gasteiger partial charge in [0.15, 0.2) is 0 Å². The van der Waals surface area contributed by atoms with E-state index in [9.17, 15) is 0 Å². The second-order valence-electron chi connectivity index (χ2n) is 5.16. The Morgan fingerprint density at radius 3 is 2.26 bits per heavy atom. The third-order valence-corrected chi connectivity index (χ3v) is 3.52. The highest BCUT2D eigenvalue weighted by molar-refractivity contribution is 5.48. The predicted octanol–water partition coefficient (Wildman–Crippen LogP) is 3.40. The minimum absolute atomic E-state index is 0.598. The van der Waals surface area contributed by atoms with Gasteiger partial charge >= 0.3 is 0 Å². The van der Waals surface area contributed by atoms with Gasteiger partial charge in [0.2, 0.25) is 0 Å². The second-order valence-corrected chi connectivity index (χ2v) is 5.16. The van der Waals surface area contributed by atoms with Gasteiger partial charge in [0.05, 0.1) is 0 Å². The topological polar surface area (TPSA) is 29.3 Å². The van der Waals surface area contributed by atoms with Crippen LogP contribution in [0, 0.1) is 13.8 Å². The van der Waals surface area contributed by atoms with Crippen LogP contribution >= 0.6 is 0 Å². The van der Waals surface area contributed by atoms with Gasteiger partial charge in [0, 0.05) is 25.8 Å². The monoisotopic (exact) mass is 254 g/mol. The van der Waals surface area contributed by atoms with Crippen LogP contribution in [0.2, 0.25) is 0 Å². The molecule has 2 rings (SSSR count). The van der Waals surface area contributed by atoms with E-state index in [2.05, 4.69) is 68.3 Å². The molecule has 0 spiro atoms. The Morgan fingerprint density at radius 1 is 1.00 bits per heavy atom. The average molecular weight is 254 g/mol. The standard InChI is InChI=1S/C17H22N2/c1-13-4-7-16(14(2)10-13)12-19(3)17-8-5-15(11-18)6-9-17/h4-10H,11-12,18H2,1-3H3. The zero-order valence-corrected chi connectivity index (χ0v) is 12.0. The molecule has 0 unspecified atom stereocenters. The van der Waals surface area contributed by atoms with Gasteiger partial charge in [-0.3, -0.25) is 0 Å². The Labute approximate surface area is 115 Å². The van der Waals surface area contributed by atoms with Crippen molar-refractivity contribution in [3.8, 4) is 0 Å². The molecule has 0 bridgehead atoms. The molecule has 0 fully saturated rings. The van der Waals surface area contributed by atoms with Crippen LogP contribution in [0.15, 0.2) is 42.5 Å². The fraction of sp³-hybridized carbons (Fsp3) is 0.294. The molecule has 2 aromatic carbocycles. The number of anilines is 1. The van der Waals surface area contributed by atoms with Gasteiger partial charge in [-0.2, -0.15) is 0 Å². The highest BCUT2D eigenvalue weighted by atomic mass is 15.1. The maximum Gasteiger partial charge on any atom is 0.0428 e. The minimum atomic E-state index is 0.598. The number of nitrogens with zero attached hydrogens (tertiary/aromatic N) is 1. The molecule has 0 aliphatic rings. The molecule has 2 nitrogen and oxygen atoms in total. The summed E-state index contributed by atoms with van der Waals surface area (Å²) in [5.74, 6) is 0. The normalized spacial score (nSPS) is 10.5. The van der Waals surface area contributed by atoms with E-state index in [4.69, 9.17) is 5.73 Å². The lowest BCUT2D eigenvalue weighted by molar-refractivity contribution is 0.912. The highest BCUT2D eigenvalue weighted by Crippen LogP contribution is 2.18. The van der Waals surface area contributed by atoms with Crippen LogP contribution in [-0.2, 0) is 13.1 Å². The smallest absolute Gasteiger partial charge is 0.0428 e. The van der Waals surface area contributed by atoms with Crippen molar-refractivity contribution < 1.29 is 0 Å². The summed E-state index contributed by atoms with van der Waals surface area (Å²) in [6.45, 7) is 5.83. The molecular formula is C17H22N2. The van der Waals surface area contributed by atoms with Crippen LogP contribution in [0.3, 0.4) is 0 Å². The summed E-state index contributed by atoms with van der Waals surface area (Å²) in [6.07, 6.45) is 0. The van der Waals surface area contributed by atoms with E-state index in [1.807, 2.05) is 0 Å². The summed E-state index contributed by atoms with van der Waals surface area (Å²) in [5.41, 5.74) is 12.0. The molecule has 2 heteroatoms. The van der Waals surface area contributed by atoms with Crippen molar-refractivity contribution in [1.82, 2.24) is 0 Å². The molecule has 0 saturated heterocycles. The minimum Gasteiger partial charge on any atom is -0.370 e. The van der Waals surface area contributed by atoms with Crippen LogP contribution < -0.4 is 10.6 Å². The molecule has 0 aliphatic heterocycles. The average Bonchev–Trinajstić information content (AvgIpc) is 2.42. The molecule has 0 aromatic heterocycles. The molecule has 0 aliphatic carbocycles. The molecule has 0 heterocycles. The van der Waals surface area contributed by atoms with Gasteiger partial charge in [-0.25, -0.2) is 0 Å². The van der Waals surface area contributed by atoms with Gasteiger partial charge in [0.25, 0.3) is 0 Å². The second kappa shape index (κ2) is 5.89. The largest absolute Gasteiger partial charge is 0.370 e. The number of hydrogen-bond acceptors (Lipinski definition) is 2. The summed E-state index contributed by atoms with van der Waals surface area (Å²) in [4.78, 5) is 2.26. The molecule has 0 saturated carbocycles. The number of aryl methyl sites for hydroxylation is 2. The first kappa shape index (κ1) is 13.6. The third kappa shape index (κ3) is 3.36. The van der Waals surface area contributed by atoms with Gasteiger partial charge in [-0.05, 0) is 42.7 Å². The zero-order valence-electron chi connectivity index (χ0n) is 12.0. The summed E-state index contributed by atoms with van der Waals surface area (Å²) in [6, 6.07) is 15.1. The van der Waals surface area contributed by atoms with Crippen LogP contribution in [0.4, 0.5) is 5.69 Å². The molecular weight excluding hydrogens is 232 g/mol. The molecule has 2 N–H and O–H groups in total. The van der Waals surface area contributed by atoms with Crippen molar-refractivity contribution in [2.45, 2.75) is 26.9 Å². The summed E-state index contributed by atoms with van der Waals surface area (Å²) < 4.78 is 0. The first-order valence-electron chi connectivity index (χ1n) is 6.66. The summed E-state index contributed by atoms with van der Waals surface area (Å²) in [7, 11) is 2.12. The SMILES string of the molecule is Cc1ccc(CN(C)c2ccc(CN)cc2)c(C)c1. The van der Waals surface area contributed by atoms with Crippen LogP contribution in [-0.4, -0.2) is 7.05 Å². The summed E-state index contributed by atoms with van der Waals surface area (Å²) >= 11 is 0. The molecule has 0 atom stereocenters. The number of nitrogens with two attached hydrogens (primary N) is 1. The fourth-order valence-corrected chi connectivity index (χ4v) is 2.26. The van der Waals surface area contributed by atoms with E-state index in [0.29, 0.717) is 6.54 Å². The lowest BCUT2D eigenvalue weighted by Crippen LogP contribution is -2.17. The number of benzene rings is 2. The van der Waals surface area contributed by atoms with Gasteiger partial charge in [0.1, 0.15) is 0 Å². The molecule has 2 aromatic rings. The highest BCUT2D eigenvalue weighted by Gasteiger charge is 2.04. The fourth-order valence-electron chi connectivity index (χ4n) is 2.26. The van der Waals surface area contributed by atoms with E-state index in [0.717, 1.165) is 6.54 Å². The molecule has 19 heavy (non-hydrogen) atoms. The first-order chi connectivity index (χ1) is 9.10. The number of hydrogen-bond donors (Lipinski definition) is 1. The summed E-state index contributed by atoms with van der Waals surface area (Å²) in [5, 5.41) is 0. The Balaban J connectivity index is 2.13. The van der Waals surface area contributed by atoms with E-state index in [-0.39, 0.29) is 0 Å². The van der Waals surface area contributed by atoms with E-state index in [1.165, 1.54) is 27.9 Å². The van der Waals surface area contributed by atoms with Crippen LogP contribution in [0.1, 0.15) is 22.3 Å². The zero-order chi connectivity index (χ0) is 13.8. The predicted molar refractivity (Wildman–Crippen MR) is 82.4 cm³/mol. The van der Waals surface area contributed by atoms with Crippen molar-refractivity contribution in [2.24, 2.45) is 5.73 Å². The Morgan fingerprint density at radius 2 is 1.68 bits per heavy atom. The Hall–Kier alpha value is -1.80. The maximum absolute atomic E-state index is 5.62. The van der Waals surface area contributed by atoms with Crippen molar-refractivity contribution >= 4 is 5.69 Å². The van der Waals surface area contributed by atoms with Crippen LogP contribution in [0.25, 0.3) is 0 Å². The molecule has 0 radical (unpaired) electrons. The lowest BCUT2D eigenvalue weighted by Gasteiger charge is -2.21. The molecule has 100 valence electrons. The van der Waals surface area contributed by atoms with Crippen molar-refractivity contribution in [3.05, 3.63) is 64.7 Å². The Kier molecular flexibility index (Phi) is 4.23.